The van der Waals surface area contributed by atoms with Crippen LogP contribution >= 0.6 is 11.6 Å². The maximum Gasteiger partial charge on any atom is 0.0839 e. The SMILES string of the molecule is NCc1ccc(C#CCCl)cc1. The molecule has 0 saturated carbocycles. The number of alkyl halides is 1. The summed E-state index contributed by atoms with van der Waals surface area (Å²) in [7, 11) is 0. The number of halogens is 1. The van der Waals surface area contributed by atoms with Crippen molar-refractivity contribution in [3.63, 3.8) is 0 Å². The van der Waals surface area contributed by atoms with Crippen molar-refractivity contribution in [3.05, 3.63) is 35.4 Å². The largest absolute Gasteiger partial charge is 0.326 e. The van der Waals surface area contributed by atoms with Gasteiger partial charge in [0.1, 0.15) is 0 Å². The van der Waals surface area contributed by atoms with Crippen LogP contribution in [0.4, 0.5) is 0 Å². The van der Waals surface area contributed by atoms with Crippen LogP contribution in [-0.4, -0.2) is 5.88 Å². The van der Waals surface area contributed by atoms with Crippen LogP contribution in [0.25, 0.3) is 0 Å². The van der Waals surface area contributed by atoms with E-state index in [-0.39, 0.29) is 0 Å². The van der Waals surface area contributed by atoms with Gasteiger partial charge in [-0.1, -0.05) is 24.0 Å². The molecule has 0 fully saturated rings. The monoisotopic (exact) mass is 179 g/mol. The van der Waals surface area contributed by atoms with Gasteiger partial charge in [0, 0.05) is 12.1 Å². The second kappa shape index (κ2) is 4.82. The standard InChI is InChI=1S/C10H10ClN/c11-7-1-2-9-3-5-10(8-12)6-4-9/h3-6H,7-8,12H2. The number of hydrogen-bond donors (Lipinski definition) is 1. The van der Waals surface area contributed by atoms with Crippen LogP contribution in [0.15, 0.2) is 24.3 Å². The van der Waals surface area contributed by atoms with Crippen molar-refractivity contribution in [3.8, 4) is 11.8 Å². The molecule has 0 aromatic heterocycles. The van der Waals surface area contributed by atoms with E-state index in [1.54, 1.807) is 0 Å². The highest BCUT2D eigenvalue weighted by molar-refractivity contribution is 6.19. The van der Waals surface area contributed by atoms with Gasteiger partial charge in [0.2, 0.25) is 0 Å². The Hall–Kier alpha value is -0.970. The Morgan fingerprint density at radius 2 is 1.92 bits per heavy atom. The van der Waals surface area contributed by atoms with Gasteiger partial charge in [-0.05, 0) is 17.7 Å². The average Bonchev–Trinajstić information content (AvgIpc) is 2.15. The summed E-state index contributed by atoms with van der Waals surface area (Å²) in [5.41, 5.74) is 7.54. The van der Waals surface area contributed by atoms with E-state index in [0.717, 1.165) is 11.1 Å². The summed E-state index contributed by atoms with van der Waals surface area (Å²) in [4.78, 5) is 0. The highest BCUT2D eigenvalue weighted by atomic mass is 35.5. The molecule has 0 heterocycles. The predicted octanol–water partition coefficient (Wildman–Crippen LogP) is 1.74. The van der Waals surface area contributed by atoms with Crippen LogP contribution < -0.4 is 5.73 Å². The van der Waals surface area contributed by atoms with Gasteiger partial charge in [0.05, 0.1) is 5.88 Å². The Morgan fingerprint density at radius 1 is 1.25 bits per heavy atom. The summed E-state index contributed by atoms with van der Waals surface area (Å²) in [6.07, 6.45) is 0. The first-order valence-electron chi connectivity index (χ1n) is 3.70. The lowest BCUT2D eigenvalue weighted by Crippen LogP contribution is -1.95. The maximum absolute atomic E-state index is 5.44. The van der Waals surface area contributed by atoms with Gasteiger partial charge in [-0.3, -0.25) is 0 Å². The summed E-state index contributed by atoms with van der Waals surface area (Å²) in [6, 6.07) is 7.83. The van der Waals surface area contributed by atoms with E-state index in [1.807, 2.05) is 24.3 Å². The van der Waals surface area contributed by atoms with Crippen molar-refractivity contribution in [2.24, 2.45) is 5.73 Å². The molecule has 2 N–H and O–H groups in total. The molecule has 0 aliphatic rings. The molecule has 0 atom stereocenters. The van der Waals surface area contributed by atoms with Crippen molar-refractivity contribution in [2.45, 2.75) is 6.54 Å². The molecular weight excluding hydrogens is 170 g/mol. The number of hydrogen-bond acceptors (Lipinski definition) is 1. The van der Waals surface area contributed by atoms with E-state index in [9.17, 15) is 0 Å². The van der Waals surface area contributed by atoms with E-state index >= 15 is 0 Å². The summed E-state index contributed by atoms with van der Waals surface area (Å²) < 4.78 is 0. The minimum absolute atomic E-state index is 0.374. The maximum atomic E-state index is 5.44. The fraction of sp³-hybridized carbons (Fsp3) is 0.200. The molecule has 0 saturated heterocycles. The Bertz CT molecular complexity index is 292. The molecule has 0 amide bonds. The van der Waals surface area contributed by atoms with Crippen molar-refractivity contribution in [1.29, 1.82) is 0 Å². The second-order valence-corrected chi connectivity index (χ2v) is 2.60. The van der Waals surface area contributed by atoms with Gasteiger partial charge >= 0.3 is 0 Å². The molecule has 1 aromatic carbocycles. The highest BCUT2D eigenvalue weighted by Crippen LogP contribution is 2.01. The van der Waals surface area contributed by atoms with E-state index in [2.05, 4.69) is 11.8 Å². The quantitative estimate of drug-likeness (QED) is 0.516. The zero-order valence-electron chi connectivity index (χ0n) is 6.68. The van der Waals surface area contributed by atoms with E-state index in [4.69, 9.17) is 17.3 Å². The van der Waals surface area contributed by atoms with E-state index in [1.165, 1.54) is 0 Å². The van der Waals surface area contributed by atoms with Crippen LogP contribution in [0.5, 0.6) is 0 Å². The topological polar surface area (TPSA) is 26.0 Å². The van der Waals surface area contributed by atoms with Crippen LogP contribution in [0, 0.1) is 11.8 Å². The van der Waals surface area contributed by atoms with Crippen molar-refractivity contribution in [2.75, 3.05) is 5.88 Å². The highest BCUT2D eigenvalue weighted by Gasteiger charge is 1.87. The number of nitrogens with two attached hydrogens (primary N) is 1. The zero-order valence-corrected chi connectivity index (χ0v) is 7.43. The second-order valence-electron chi connectivity index (χ2n) is 2.34. The normalized spacial score (nSPS) is 8.83. The fourth-order valence-electron chi connectivity index (χ4n) is 0.860. The van der Waals surface area contributed by atoms with E-state index in [0.29, 0.717) is 12.4 Å². The lowest BCUT2D eigenvalue weighted by molar-refractivity contribution is 1.07. The third-order valence-electron chi connectivity index (χ3n) is 1.49. The first-order chi connectivity index (χ1) is 5.86. The Kier molecular flexibility index (Phi) is 3.66. The predicted molar refractivity (Wildman–Crippen MR) is 51.9 cm³/mol. The molecule has 0 radical (unpaired) electrons. The fourth-order valence-corrected chi connectivity index (χ4v) is 0.926. The van der Waals surface area contributed by atoms with E-state index < -0.39 is 0 Å². The van der Waals surface area contributed by atoms with Crippen molar-refractivity contribution < 1.29 is 0 Å². The molecule has 2 heteroatoms. The van der Waals surface area contributed by atoms with Gasteiger partial charge in [-0.2, -0.15) is 0 Å². The number of benzene rings is 1. The van der Waals surface area contributed by atoms with Crippen molar-refractivity contribution in [1.82, 2.24) is 0 Å². The minimum atomic E-state index is 0.374. The molecule has 0 spiro atoms. The summed E-state index contributed by atoms with van der Waals surface area (Å²) in [6.45, 7) is 0.573. The lowest BCUT2D eigenvalue weighted by atomic mass is 10.1. The molecule has 0 unspecified atom stereocenters. The molecule has 0 aliphatic carbocycles. The van der Waals surface area contributed by atoms with Crippen LogP contribution in [0.3, 0.4) is 0 Å². The zero-order chi connectivity index (χ0) is 8.81. The Labute approximate surface area is 77.5 Å². The molecule has 12 heavy (non-hydrogen) atoms. The smallest absolute Gasteiger partial charge is 0.0839 e. The molecule has 62 valence electrons. The first kappa shape index (κ1) is 9.12. The molecule has 1 rings (SSSR count). The van der Waals surface area contributed by atoms with Gasteiger partial charge in [0.25, 0.3) is 0 Å². The van der Waals surface area contributed by atoms with Crippen LogP contribution in [0.2, 0.25) is 0 Å². The minimum Gasteiger partial charge on any atom is -0.326 e. The molecule has 1 aromatic rings. The third kappa shape index (κ3) is 2.58. The number of rotatable bonds is 1. The summed E-state index contributed by atoms with van der Waals surface area (Å²) in [5, 5.41) is 0. The van der Waals surface area contributed by atoms with Gasteiger partial charge in [-0.25, -0.2) is 0 Å². The third-order valence-corrected chi connectivity index (χ3v) is 1.62. The summed E-state index contributed by atoms with van der Waals surface area (Å²) >= 11 is 5.42. The molecule has 0 bridgehead atoms. The molecule has 0 aliphatic heterocycles. The Balaban J connectivity index is 2.78. The Morgan fingerprint density at radius 3 is 2.42 bits per heavy atom. The van der Waals surface area contributed by atoms with Gasteiger partial charge < -0.3 is 5.73 Å². The van der Waals surface area contributed by atoms with Gasteiger partial charge in [-0.15, -0.1) is 11.6 Å². The van der Waals surface area contributed by atoms with Crippen molar-refractivity contribution >= 4 is 11.6 Å². The average molecular weight is 180 g/mol. The van der Waals surface area contributed by atoms with Crippen LogP contribution in [-0.2, 0) is 6.54 Å². The summed E-state index contributed by atoms with van der Waals surface area (Å²) in [5.74, 6) is 6.08. The van der Waals surface area contributed by atoms with Crippen LogP contribution in [0.1, 0.15) is 11.1 Å². The first-order valence-corrected chi connectivity index (χ1v) is 4.24. The molecule has 1 nitrogen and oxygen atoms in total. The molecular formula is C10H10ClN. The van der Waals surface area contributed by atoms with Gasteiger partial charge in [0.15, 0.2) is 0 Å². The lowest BCUT2D eigenvalue weighted by Gasteiger charge is -1.94.